The van der Waals surface area contributed by atoms with Crippen molar-refractivity contribution < 1.29 is 9.53 Å². The number of aryl methyl sites for hydroxylation is 1. The minimum atomic E-state index is 0.0123. The minimum absolute atomic E-state index is 0.0123. The highest BCUT2D eigenvalue weighted by molar-refractivity contribution is 7.09. The third kappa shape index (κ3) is 3.44. The standard InChI is InChI=1S/C15H23N3O2S/c1-10-9-21-14(17-10)7-18-4-3-13-11(6-18)5-12(8-20-13)15(19)16-2/h9,11-13H,3-8H2,1-2H3,(H,16,19)/t11-,12-,13+/m0/s1. The molecule has 0 radical (unpaired) electrons. The van der Waals surface area contributed by atoms with Crippen LogP contribution in [0.4, 0.5) is 0 Å². The van der Waals surface area contributed by atoms with Gasteiger partial charge < -0.3 is 10.1 Å². The van der Waals surface area contributed by atoms with Crippen molar-refractivity contribution in [1.29, 1.82) is 0 Å². The molecule has 0 bridgehead atoms. The number of fused-ring (bicyclic) bond motifs is 1. The normalized spacial score (nSPS) is 29.9. The maximum atomic E-state index is 11.8. The van der Waals surface area contributed by atoms with Crippen molar-refractivity contribution in [3.05, 3.63) is 16.1 Å². The van der Waals surface area contributed by atoms with E-state index in [0.717, 1.165) is 38.2 Å². The summed E-state index contributed by atoms with van der Waals surface area (Å²) in [6.07, 6.45) is 2.34. The van der Waals surface area contributed by atoms with Gasteiger partial charge in [-0.05, 0) is 25.7 Å². The second-order valence-electron chi connectivity index (χ2n) is 6.09. The summed E-state index contributed by atoms with van der Waals surface area (Å²) in [6.45, 7) is 5.61. The number of nitrogens with zero attached hydrogens (tertiary/aromatic N) is 2. The maximum absolute atomic E-state index is 11.8. The molecule has 1 aromatic rings. The maximum Gasteiger partial charge on any atom is 0.225 e. The Morgan fingerprint density at radius 3 is 3.19 bits per heavy atom. The zero-order valence-electron chi connectivity index (χ0n) is 12.7. The molecule has 0 aliphatic carbocycles. The molecule has 3 rings (SSSR count). The molecule has 0 spiro atoms. The summed E-state index contributed by atoms with van der Waals surface area (Å²) in [5.74, 6) is 0.593. The summed E-state index contributed by atoms with van der Waals surface area (Å²) >= 11 is 1.73. The predicted octanol–water partition coefficient (Wildman–Crippen LogP) is 1.42. The van der Waals surface area contributed by atoms with Crippen molar-refractivity contribution in [3.8, 4) is 0 Å². The van der Waals surface area contributed by atoms with Crippen molar-refractivity contribution in [2.24, 2.45) is 11.8 Å². The van der Waals surface area contributed by atoms with Gasteiger partial charge in [0.25, 0.3) is 0 Å². The van der Waals surface area contributed by atoms with Crippen LogP contribution in [0.25, 0.3) is 0 Å². The van der Waals surface area contributed by atoms with Crippen LogP contribution in [0.2, 0.25) is 0 Å². The monoisotopic (exact) mass is 309 g/mol. The van der Waals surface area contributed by atoms with Crippen LogP contribution < -0.4 is 5.32 Å². The molecule has 0 saturated carbocycles. The molecule has 21 heavy (non-hydrogen) atoms. The fourth-order valence-electron chi connectivity index (χ4n) is 3.40. The van der Waals surface area contributed by atoms with Gasteiger partial charge in [0, 0.05) is 31.2 Å². The Morgan fingerprint density at radius 2 is 2.48 bits per heavy atom. The highest BCUT2D eigenvalue weighted by Crippen LogP contribution is 2.32. The molecule has 3 heterocycles. The molecule has 0 aromatic carbocycles. The van der Waals surface area contributed by atoms with Crippen molar-refractivity contribution in [2.75, 3.05) is 26.7 Å². The number of hydrogen-bond acceptors (Lipinski definition) is 5. The number of hydrogen-bond donors (Lipinski definition) is 1. The molecule has 6 heteroatoms. The first-order chi connectivity index (χ1) is 10.2. The first-order valence-electron chi connectivity index (χ1n) is 7.62. The van der Waals surface area contributed by atoms with Crippen molar-refractivity contribution in [3.63, 3.8) is 0 Å². The quantitative estimate of drug-likeness (QED) is 0.917. The van der Waals surface area contributed by atoms with E-state index >= 15 is 0 Å². The number of carbonyl (C=O) groups is 1. The van der Waals surface area contributed by atoms with Crippen LogP contribution in [-0.2, 0) is 16.1 Å². The van der Waals surface area contributed by atoms with Gasteiger partial charge in [0.15, 0.2) is 0 Å². The van der Waals surface area contributed by atoms with Crippen LogP contribution in [0.15, 0.2) is 5.38 Å². The van der Waals surface area contributed by atoms with Gasteiger partial charge >= 0.3 is 0 Å². The fourth-order valence-corrected chi connectivity index (χ4v) is 4.22. The van der Waals surface area contributed by atoms with Gasteiger partial charge in [0.1, 0.15) is 5.01 Å². The van der Waals surface area contributed by atoms with Gasteiger partial charge in [-0.15, -0.1) is 11.3 Å². The van der Waals surface area contributed by atoms with Gasteiger partial charge in [0.05, 0.1) is 25.2 Å². The second kappa shape index (κ2) is 6.42. The number of likely N-dealkylation sites (tertiary alicyclic amines) is 1. The van der Waals surface area contributed by atoms with E-state index in [1.807, 2.05) is 6.92 Å². The number of aromatic nitrogens is 1. The van der Waals surface area contributed by atoms with E-state index in [1.54, 1.807) is 18.4 Å². The van der Waals surface area contributed by atoms with Gasteiger partial charge in [-0.2, -0.15) is 0 Å². The number of nitrogens with one attached hydrogen (secondary N) is 1. The van der Waals surface area contributed by atoms with Gasteiger partial charge in [-0.3, -0.25) is 9.69 Å². The first kappa shape index (κ1) is 14.9. The molecule has 2 saturated heterocycles. The molecule has 116 valence electrons. The van der Waals surface area contributed by atoms with Crippen LogP contribution in [0.1, 0.15) is 23.5 Å². The average Bonchev–Trinajstić information content (AvgIpc) is 2.90. The van der Waals surface area contributed by atoms with E-state index in [2.05, 4.69) is 20.6 Å². The molecular formula is C15H23N3O2S. The van der Waals surface area contributed by atoms with Crippen LogP contribution in [0.3, 0.4) is 0 Å². The average molecular weight is 309 g/mol. The highest BCUT2D eigenvalue weighted by Gasteiger charge is 2.37. The van der Waals surface area contributed by atoms with E-state index < -0.39 is 0 Å². The molecular weight excluding hydrogens is 286 g/mol. The van der Waals surface area contributed by atoms with E-state index in [-0.39, 0.29) is 11.8 Å². The lowest BCUT2D eigenvalue weighted by molar-refractivity contribution is -0.138. The molecule has 3 atom stereocenters. The van der Waals surface area contributed by atoms with E-state index in [9.17, 15) is 4.79 Å². The summed E-state index contributed by atoms with van der Waals surface area (Å²) in [7, 11) is 1.70. The zero-order valence-corrected chi connectivity index (χ0v) is 13.5. The number of carbonyl (C=O) groups excluding carboxylic acids is 1. The molecule has 0 unspecified atom stereocenters. The molecule has 2 aliphatic rings. The molecule has 1 N–H and O–H groups in total. The lowest BCUT2D eigenvalue weighted by Crippen LogP contribution is -2.49. The van der Waals surface area contributed by atoms with Gasteiger partial charge in [0.2, 0.25) is 5.91 Å². The predicted molar refractivity (Wildman–Crippen MR) is 82.1 cm³/mol. The molecule has 1 aromatic heterocycles. The van der Waals surface area contributed by atoms with Crippen LogP contribution in [0.5, 0.6) is 0 Å². The minimum Gasteiger partial charge on any atom is -0.377 e. The number of amides is 1. The Bertz CT molecular complexity index is 505. The second-order valence-corrected chi connectivity index (χ2v) is 7.03. The van der Waals surface area contributed by atoms with Crippen LogP contribution in [-0.4, -0.2) is 48.6 Å². The Morgan fingerprint density at radius 1 is 1.62 bits per heavy atom. The summed E-state index contributed by atoms with van der Waals surface area (Å²) in [5.41, 5.74) is 1.10. The van der Waals surface area contributed by atoms with Crippen molar-refractivity contribution in [2.45, 2.75) is 32.4 Å². The van der Waals surface area contributed by atoms with Gasteiger partial charge in [-0.25, -0.2) is 4.98 Å². The van der Waals surface area contributed by atoms with Crippen molar-refractivity contribution in [1.82, 2.24) is 15.2 Å². The summed E-state index contributed by atoms with van der Waals surface area (Å²) < 4.78 is 5.92. The van der Waals surface area contributed by atoms with E-state index in [0.29, 0.717) is 18.6 Å². The Hall–Kier alpha value is -0.980. The third-order valence-electron chi connectivity index (χ3n) is 4.49. The topological polar surface area (TPSA) is 54.5 Å². The molecule has 1 amide bonds. The number of ether oxygens (including phenoxy) is 1. The Kier molecular flexibility index (Phi) is 4.57. The van der Waals surface area contributed by atoms with Crippen LogP contribution in [0, 0.1) is 18.8 Å². The fraction of sp³-hybridized carbons (Fsp3) is 0.733. The SMILES string of the molecule is CNC(=O)[C@@H]1CO[C@@H]2CCN(Cc3nc(C)cs3)C[C@@H]2C1. The third-order valence-corrected chi connectivity index (χ3v) is 5.44. The highest BCUT2D eigenvalue weighted by atomic mass is 32.1. The summed E-state index contributed by atoms with van der Waals surface area (Å²) in [6, 6.07) is 0. The molecule has 2 fully saturated rings. The first-order valence-corrected chi connectivity index (χ1v) is 8.50. The van der Waals surface area contributed by atoms with E-state index in [1.165, 1.54) is 5.01 Å². The summed E-state index contributed by atoms with van der Waals surface area (Å²) in [5, 5.41) is 6.03. The number of piperidine rings is 1. The smallest absolute Gasteiger partial charge is 0.225 e. The van der Waals surface area contributed by atoms with Gasteiger partial charge in [-0.1, -0.05) is 0 Å². The number of rotatable bonds is 3. The Balaban J connectivity index is 1.58. The lowest BCUT2D eigenvalue weighted by atomic mass is 9.83. The lowest BCUT2D eigenvalue weighted by Gasteiger charge is -2.42. The molecule has 5 nitrogen and oxygen atoms in total. The number of thiazole rings is 1. The Labute approximate surface area is 129 Å². The van der Waals surface area contributed by atoms with Crippen molar-refractivity contribution >= 4 is 17.2 Å². The largest absolute Gasteiger partial charge is 0.377 e. The summed E-state index contributed by atoms with van der Waals surface area (Å²) in [4.78, 5) is 18.8. The van der Waals surface area contributed by atoms with Crippen LogP contribution >= 0.6 is 11.3 Å². The molecule has 2 aliphatic heterocycles. The zero-order chi connectivity index (χ0) is 14.8. The van der Waals surface area contributed by atoms with E-state index in [4.69, 9.17) is 4.74 Å².